The molecule has 25 heavy (non-hydrogen) atoms. The summed E-state index contributed by atoms with van der Waals surface area (Å²) in [4.78, 5) is 18.9. The molecule has 130 valence electrons. The van der Waals surface area contributed by atoms with Gasteiger partial charge in [0.05, 0.1) is 13.2 Å². The van der Waals surface area contributed by atoms with Gasteiger partial charge in [-0.15, -0.1) is 0 Å². The lowest BCUT2D eigenvalue weighted by Gasteiger charge is -2.17. The summed E-state index contributed by atoms with van der Waals surface area (Å²) in [6.45, 7) is 3.87. The van der Waals surface area contributed by atoms with E-state index < -0.39 is 0 Å². The van der Waals surface area contributed by atoms with Gasteiger partial charge in [0.15, 0.2) is 0 Å². The second kappa shape index (κ2) is 7.11. The van der Waals surface area contributed by atoms with Gasteiger partial charge in [0.25, 0.3) is 0 Å². The molecule has 1 aromatic carbocycles. The molecule has 0 saturated carbocycles. The van der Waals surface area contributed by atoms with E-state index in [2.05, 4.69) is 26.6 Å². The van der Waals surface area contributed by atoms with Gasteiger partial charge >= 0.3 is 6.03 Å². The third kappa shape index (κ3) is 3.74. The largest absolute Gasteiger partial charge is 0.372 e. The molecular formula is C19H22N4O2. The standard InChI is InChI=1S/C19H22N4O2/c24-19(22-17-4-3-15-12-25-13-16(15)10-17)21-11-14-5-6-20-18(9-14)23-7-1-2-8-23/h3-6,9-10H,1-2,7-8,11-13H2,(H2,21,22,24). The van der Waals surface area contributed by atoms with Crippen molar-refractivity contribution in [2.75, 3.05) is 23.3 Å². The number of anilines is 2. The lowest BCUT2D eigenvalue weighted by atomic mass is 10.1. The predicted octanol–water partition coefficient (Wildman–Crippen LogP) is 3.03. The first-order valence-corrected chi connectivity index (χ1v) is 8.72. The topological polar surface area (TPSA) is 66.5 Å². The van der Waals surface area contributed by atoms with E-state index in [0.29, 0.717) is 19.8 Å². The maximum atomic E-state index is 12.1. The summed E-state index contributed by atoms with van der Waals surface area (Å²) < 4.78 is 5.40. The highest BCUT2D eigenvalue weighted by Gasteiger charge is 2.14. The number of carbonyl (C=O) groups excluding carboxylic acids is 1. The van der Waals surface area contributed by atoms with Crippen LogP contribution in [0.25, 0.3) is 0 Å². The van der Waals surface area contributed by atoms with Gasteiger partial charge < -0.3 is 20.3 Å². The van der Waals surface area contributed by atoms with Gasteiger partial charge in [-0.25, -0.2) is 9.78 Å². The molecule has 1 fully saturated rings. The summed E-state index contributed by atoms with van der Waals surface area (Å²) in [5, 5.41) is 5.79. The summed E-state index contributed by atoms with van der Waals surface area (Å²) >= 11 is 0. The van der Waals surface area contributed by atoms with Gasteiger partial charge in [-0.05, 0) is 53.8 Å². The number of ether oxygens (including phenoxy) is 1. The number of benzene rings is 1. The summed E-state index contributed by atoms with van der Waals surface area (Å²) in [6.07, 6.45) is 4.25. The summed E-state index contributed by atoms with van der Waals surface area (Å²) in [5.41, 5.74) is 4.17. The molecule has 6 nitrogen and oxygen atoms in total. The molecule has 2 aromatic rings. The van der Waals surface area contributed by atoms with Crippen LogP contribution in [0.4, 0.5) is 16.3 Å². The first-order valence-electron chi connectivity index (χ1n) is 8.72. The van der Waals surface area contributed by atoms with Crippen LogP contribution in [0.2, 0.25) is 0 Å². The number of rotatable bonds is 4. The maximum Gasteiger partial charge on any atom is 0.319 e. The van der Waals surface area contributed by atoms with Crippen molar-refractivity contribution in [3.05, 3.63) is 53.2 Å². The maximum absolute atomic E-state index is 12.1. The Balaban J connectivity index is 1.33. The van der Waals surface area contributed by atoms with Gasteiger partial charge in [-0.1, -0.05) is 6.07 Å². The van der Waals surface area contributed by atoms with Crippen LogP contribution in [-0.2, 0) is 24.5 Å². The molecule has 1 aromatic heterocycles. The van der Waals surface area contributed by atoms with Gasteiger partial charge in [0, 0.05) is 31.5 Å². The number of nitrogens with one attached hydrogen (secondary N) is 2. The Bertz CT molecular complexity index is 772. The van der Waals surface area contributed by atoms with Gasteiger partial charge in [0.1, 0.15) is 5.82 Å². The zero-order valence-electron chi connectivity index (χ0n) is 14.1. The van der Waals surface area contributed by atoms with E-state index >= 15 is 0 Å². The lowest BCUT2D eigenvalue weighted by molar-refractivity contribution is 0.134. The lowest BCUT2D eigenvalue weighted by Crippen LogP contribution is -2.28. The molecule has 1 saturated heterocycles. The van der Waals surface area contributed by atoms with Crippen molar-refractivity contribution in [3.8, 4) is 0 Å². The van der Waals surface area contributed by atoms with Gasteiger partial charge in [-0.3, -0.25) is 0 Å². The van der Waals surface area contributed by atoms with Crippen LogP contribution in [0.1, 0.15) is 29.5 Å². The molecule has 2 aliphatic heterocycles. The van der Waals surface area contributed by atoms with Gasteiger partial charge in [-0.2, -0.15) is 0 Å². The summed E-state index contributed by atoms with van der Waals surface area (Å²) in [7, 11) is 0. The average molecular weight is 338 g/mol. The van der Waals surface area contributed by atoms with Crippen LogP contribution in [-0.4, -0.2) is 24.1 Å². The molecule has 0 unspecified atom stereocenters. The Kier molecular flexibility index (Phi) is 4.52. The number of pyridine rings is 1. The first-order chi connectivity index (χ1) is 12.3. The van der Waals surface area contributed by atoms with E-state index in [1.54, 1.807) is 0 Å². The number of hydrogen-bond donors (Lipinski definition) is 2. The second-order valence-electron chi connectivity index (χ2n) is 6.50. The highest BCUT2D eigenvalue weighted by molar-refractivity contribution is 5.89. The smallest absolute Gasteiger partial charge is 0.319 e. The fourth-order valence-corrected chi connectivity index (χ4v) is 3.30. The van der Waals surface area contributed by atoms with E-state index in [1.807, 2.05) is 30.5 Å². The minimum absolute atomic E-state index is 0.210. The third-order valence-electron chi connectivity index (χ3n) is 4.67. The van der Waals surface area contributed by atoms with E-state index in [0.717, 1.165) is 35.7 Å². The fourth-order valence-electron chi connectivity index (χ4n) is 3.30. The monoisotopic (exact) mass is 338 g/mol. The molecule has 2 N–H and O–H groups in total. The number of fused-ring (bicyclic) bond motifs is 1. The van der Waals surface area contributed by atoms with Crippen molar-refractivity contribution in [1.29, 1.82) is 0 Å². The Morgan fingerprint density at radius 3 is 2.84 bits per heavy atom. The molecule has 6 heteroatoms. The van der Waals surface area contributed by atoms with Crippen LogP contribution >= 0.6 is 0 Å². The minimum atomic E-state index is -0.210. The van der Waals surface area contributed by atoms with Crippen molar-refractivity contribution in [1.82, 2.24) is 10.3 Å². The number of urea groups is 1. The normalized spacial score (nSPS) is 15.9. The molecule has 2 aliphatic rings. The SMILES string of the molecule is O=C(NCc1ccnc(N2CCCC2)c1)Nc1ccc2c(c1)COC2. The second-order valence-corrected chi connectivity index (χ2v) is 6.50. The van der Waals surface area contributed by atoms with E-state index in [1.165, 1.54) is 18.4 Å². The Morgan fingerprint density at radius 1 is 1.12 bits per heavy atom. The zero-order valence-corrected chi connectivity index (χ0v) is 14.1. The number of carbonyl (C=O) groups is 1. The Hall–Kier alpha value is -2.60. The highest BCUT2D eigenvalue weighted by atomic mass is 16.5. The number of nitrogens with zero attached hydrogens (tertiary/aromatic N) is 2. The number of amides is 2. The Labute approximate surface area is 147 Å². The molecule has 0 spiro atoms. The van der Waals surface area contributed by atoms with Crippen LogP contribution in [0.3, 0.4) is 0 Å². The molecule has 0 radical (unpaired) electrons. The molecule has 0 aliphatic carbocycles. The first kappa shape index (κ1) is 15.9. The van der Waals surface area contributed by atoms with E-state index in [-0.39, 0.29) is 6.03 Å². The van der Waals surface area contributed by atoms with Crippen molar-refractivity contribution in [3.63, 3.8) is 0 Å². The molecule has 0 bridgehead atoms. The van der Waals surface area contributed by atoms with Crippen molar-refractivity contribution in [2.45, 2.75) is 32.6 Å². The van der Waals surface area contributed by atoms with E-state index in [9.17, 15) is 4.79 Å². The molecule has 4 rings (SSSR count). The third-order valence-corrected chi connectivity index (χ3v) is 4.67. The van der Waals surface area contributed by atoms with Crippen LogP contribution in [0.5, 0.6) is 0 Å². The Morgan fingerprint density at radius 2 is 1.96 bits per heavy atom. The van der Waals surface area contributed by atoms with Crippen LogP contribution < -0.4 is 15.5 Å². The molecule has 3 heterocycles. The number of hydrogen-bond acceptors (Lipinski definition) is 4. The van der Waals surface area contributed by atoms with E-state index in [4.69, 9.17) is 4.74 Å². The molecule has 0 atom stereocenters. The van der Waals surface area contributed by atoms with Crippen LogP contribution in [0, 0.1) is 0 Å². The fraction of sp³-hybridized carbons (Fsp3) is 0.368. The molecule has 2 amide bonds. The van der Waals surface area contributed by atoms with Crippen LogP contribution in [0.15, 0.2) is 36.5 Å². The summed E-state index contributed by atoms with van der Waals surface area (Å²) in [6, 6.07) is 9.66. The van der Waals surface area contributed by atoms with Crippen molar-refractivity contribution < 1.29 is 9.53 Å². The molecular weight excluding hydrogens is 316 g/mol. The minimum Gasteiger partial charge on any atom is -0.372 e. The summed E-state index contributed by atoms with van der Waals surface area (Å²) in [5.74, 6) is 0.996. The highest BCUT2D eigenvalue weighted by Crippen LogP contribution is 2.23. The average Bonchev–Trinajstić information content (AvgIpc) is 3.31. The quantitative estimate of drug-likeness (QED) is 0.899. The van der Waals surface area contributed by atoms with Crippen molar-refractivity contribution >= 4 is 17.5 Å². The predicted molar refractivity (Wildman–Crippen MR) is 96.5 cm³/mol. The van der Waals surface area contributed by atoms with Gasteiger partial charge in [0.2, 0.25) is 0 Å². The zero-order chi connectivity index (χ0) is 17.1. The van der Waals surface area contributed by atoms with Crippen molar-refractivity contribution in [2.24, 2.45) is 0 Å². The number of aromatic nitrogens is 1.